The number of halogens is 2. The van der Waals surface area contributed by atoms with Crippen LogP contribution in [0.4, 0.5) is 10.1 Å². The lowest BCUT2D eigenvalue weighted by Crippen LogP contribution is -2.31. The molecule has 1 N–H and O–H groups in total. The Balaban J connectivity index is 1.88. The summed E-state index contributed by atoms with van der Waals surface area (Å²) >= 11 is 5.97. The van der Waals surface area contributed by atoms with Crippen molar-refractivity contribution in [2.45, 2.75) is 0 Å². The number of nitrogens with one attached hydrogen (secondary N) is 1. The van der Waals surface area contributed by atoms with Gasteiger partial charge < -0.3 is 4.90 Å². The lowest BCUT2D eigenvalue weighted by molar-refractivity contribution is -0.126. The van der Waals surface area contributed by atoms with Crippen LogP contribution in [0.25, 0.3) is 0 Å². The molecule has 1 aromatic rings. The Kier molecular flexibility index (Phi) is 2.52. The predicted molar refractivity (Wildman–Crippen MR) is 63.8 cm³/mol. The molecule has 4 nitrogen and oxygen atoms in total. The first-order valence-corrected chi connectivity index (χ1v) is 5.99. The SMILES string of the molecule is O=C1NC(=O)[C@@H]2CN(c3ccc(F)cc3Cl)C[C@H]12. The molecule has 3 rings (SSSR count). The molecule has 2 aliphatic rings. The van der Waals surface area contributed by atoms with Crippen LogP contribution in [0.5, 0.6) is 0 Å². The number of carbonyl (C=O) groups is 2. The average Bonchev–Trinajstić information content (AvgIpc) is 2.82. The third-order valence-electron chi connectivity index (χ3n) is 3.49. The highest BCUT2D eigenvalue weighted by Gasteiger charge is 2.48. The molecule has 2 fully saturated rings. The number of anilines is 1. The maximum atomic E-state index is 13.0. The van der Waals surface area contributed by atoms with E-state index in [2.05, 4.69) is 5.32 Å². The Hall–Kier alpha value is -1.62. The van der Waals surface area contributed by atoms with Gasteiger partial charge in [0.25, 0.3) is 0 Å². The highest BCUT2D eigenvalue weighted by atomic mass is 35.5. The fraction of sp³-hybridized carbons (Fsp3) is 0.333. The first-order valence-electron chi connectivity index (χ1n) is 5.61. The number of amides is 2. The highest BCUT2D eigenvalue weighted by Crippen LogP contribution is 2.35. The first kappa shape index (κ1) is 11.5. The third kappa shape index (κ3) is 1.66. The molecule has 2 atom stereocenters. The van der Waals surface area contributed by atoms with E-state index < -0.39 is 5.82 Å². The van der Waals surface area contributed by atoms with Gasteiger partial charge in [-0.2, -0.15) is 0 Å². The molecule has 0 aliphatic carbocycles. The van der Waals surface area contributed by atoms with E-state index >= 15 is 0 Å². The molecule has 94 valence electrons. The minimum absolute atomic E-state index is 0.231. The van der Waals surface area contributed by atoms with E-state index in [1.807, 2.05) is 4.90 Å². The van der Waals surface area contributed by atoms with E-state index in [-0.39, 0.29) is 23.7 Å². The van der Waals surface area contributed by atoms with Gasteiger partial charge >= 0.3 is 0 Å². The van der Waals surface area contributed by atoms with Gasteiger partial charge in [-0.25, -0.2) is 4.39 Å². The fourth-order valence-corrected chi connectivity index (χ4v) is 2.86. The topological polar surface area (TPSA) is 49.4 Å². The normalized spacial score (nSPS) is 26.4. The number of hydrogen-bond acceptors (Lipinski definition) is 3. The maximum absolute atomic E-state index is 13.0. The molecule has 2 amide bonds. The summed E-state index contributed by atoms with van der Waals surface area (Å²) in [5.74, 6) is -1.51. The van der Waals surface area contributed by atoms with Crippen molar-refractivity contribution in [1.29, 1.82) is 0 Å². The van der Waals surface area contributed by atoms with E-state index in [1.165, 1.54) is 12.1 Å². The van der Waals surface area contributed by atoms with Crippen LogP contribution in [0.1, 0.15) is 0 Å². The van der Waals surface area contributed by atoms with Gasteiger partial charge in [0.2, 0.25) is 11.8 Å². The van der Waals surface area contributed by atoms with Crippen LogP contribution in [0.2, 0.25) is 5.02 Å². The summed E-state index contributed by atoms with van der Waals surface area (Å²) in [7, 11) is 0. The van der Waals surface area contributed by atoms with Gasteiger partial charge in [-0.3, -0.25) is 14.9 Å². The molecular weight excluding hydrogens is 259 g/mol. The second kappa shape index (κ2) is 3.95. The molecule has 6 heteroatoms. The molecule has 2 heterocycles. The van der Waals surface area contributed by atoms with Gasteiger partial charge in [0.1, 0.15) is 5.82 Å². The summed E-state index contributed by atoms with van der Waals surface area (Å²) in [6.45, 7) is 0.876. The number of carbonyl (C=O) groups excluding carboxylic acids is 2. The zero-order valence-electron chi connectivity index (χ0n) is 9.32. The number of nitrogens with zero attached hydrogens (tertiary/aromatic N) is 1. The van der Waals surface area contributed by atoms with Crippen molar-refractivity contribution in [2.75, 3.05) is 18.0 Å². The molecule has 0 bridgehead atoms. The van der Waals surface area contributed by atoms with Crippen molar-refractivity contribution >= 4 is 29.1 Å². The van der Waals surface area contributed by atoms with Crippen molar-refractivity contribution in [3.05, 3.63) is 29.0 Å². The second-order valence-electron chi connectivity index (χ2n) is 4.57. The van der Waals surface area contributed by atoms with Crippen LogP contribution < -0.4 is 10.2 Å². The number of fused-ring (bicyclic) bond motifs is 1. The van der Waals surface area contributed by atoms with Crippen LogP contribution in [0.3, 0.4) is 0 Å². The van der Waals surface area contributed by atoms with Crippen LogP contribution in [0, 0.1) is 17.7 Å². The summed E-state index contributed by atoms with van der Waals surface area (Å²) in [6, 6.07) is 4.12. The van der Waals surface area contributed by atoms with E-state index in [4.69, 9.17) is 11.6 Å². The summed E-state index contributed by atoms with van der Waals surface area (Å²) in [5, 5.41) is 2.61. The molecule has 1 aromatic carbocycles. The van der Waals surface area contributed by atoms with Gasteiger partial charge in [0.15, 0.2) is 0 Å². The Morgan fingerprint density at radius 3 is 2.39 bits per heavy atom. The highest BCUT2D eigenvalue weighted by molar-refractivity contribution is 6.33. The number of hydrogen-bond donors (Lipinski definition) is 1. The molecule has 0 saturated carbocycles. The number of rotatable bonds is 1. The summed E-state index contributed by atoms with van der Waals surface area (Å²) < 4.78 is 13.0. The smallest absolute Gasteiger partial charge is 0.232 e. The lowest BCUT2D eigenvalue weighted by Gasteiger charge is -2.20. The van der Waals surface area contributed by atoms with Crippen molar-refractivity contribution in [2.24, 2.45) is 11.8 Å². The lowest BCUT2D eigenvalue weighted by atomic mass is 10.00. The fourth-order valence-electron chi connectivity index (χ4n) is 2.58. The van der Waals surface area contributed by atoms with Gasteiger partial charge in [-0.05, 0) is 18.2 Å². The van der Waals surface area contributed by atoms with E-state index in [0.29, 0.717) is 23.8 Å². The minimum Gasteiger partial charge on any atom is -0.369 e. The summed E-state index contributed by atoms with van der Waals surface area (Å²) in [4.78, 5) is 24.9. The van der Waals surface area contributed by atoms with Crippen LogP contribution >= 0.6 is 11.6 Å². The van der Waals surface area contributed by atoms with Crippen LogP contribution in [-0.2, 0) is 9.59 Å². The maximum Gasteiger partial charge on any atom is 0.232 e. The van der Waals surface area contributed by atoms with Gasteiger partial charge in [-0.15, -0.1) is 0 Å². The zero-order valence-corrected chi connectivity index (χ0v) is 10.1. The quantitative estimate of drug-likeness (QED) is 0.779. The van der Waals surface area contributed by atoms with Crippen LogP contribution in [-0.4, -0.2) is 24.9 Å². The Morgan fingerprint density at radius 2 is 1.83 bits per heavy atom. The van der Waals surface area contributed by atoms with Gasteiger partial charge in [0, 0.05) is 13.1 Å². The molecule has 0 aromatic heterocycles. The standard InChI is InChI=1S/C12H10ClFN2O2/c13-9-3-6(14)1-2-10(9)16-4-7-8(5-16)12(18)15-11(7)17/h1-3,7-8H,4-5H2,(H,15,17,18)/t7-,8+. The molecule has 0 radical (unpaired) electrons. The third-order valence-corrected chi connectivity index (χ3v) is 3.79. The molecular formula is C12H10ClFN2O2. The van der Waals surface area contributed by atoms with E-state index in [1.54, 1.807) is 6.07 Å². The molecule has 2 saturated heterocycles. The molecule has 0 unspecified atom stereocenters. The van der Waals surface area contributed by atoms with Crippen molar-refractivity contribution in [3.63, 3.8) is 0 Å². The summed E-state index contributed by atoms with van der Waals surface area (Å²) in [5.41, 5.74) is 0.660. The van der Waals surface area contributed by atoms with Crippen molar-refractivity contribution in [3.8, 4) is 0 Å². The predicted octanol–water partition coefficient (Wildman–Crippen LogP) is 1.19. The van der Waals surface area contributed by atoms with Gasteiger partial charge in [-0.1, -0.05) is 11.6 Å². The molecule has 18 heavy (non-hydrogen) atoms. The number of imide groups is 1. The van der Waals surface area contributed by atoms with Crippen molar-refractivity contribution < 1.29 is 14.0 Å². The average molecular weight is 269 g/mol. The Labute approximate surface area is 108 Å². The minimum atomic E-state index is -0.406. The van der Waals surface area contributed by atoms with E-state index in [0.717, 1.165) is 0 Å². The summed E-state index contributed by atoms with van der Waals surface area (Å²) in [6.07, 6.45) is 0. The molecule has 0 spiro atoms. The van der Waals surface area contributed by atoms with Gasteiger partial charge in [0.05, 0.1) is 22.5 Å². The van der Waals surface area contributed by atoms with Crippen LogP contribution in [0.15, 0.2) is 18.2 Å². The monoisotopic (exact) mass is 268 g/mol. The Morgan fingerprint density at radius 1 is 1.22 bits per heavy atom. The Bertz CT molecular complexity index is 527. The first-order chi connectivity index (χ1) is 8.56. The van der Waals surface area contributed by atoms with E-state index in [9.17, 15) is 14.0 Å². The zero-order chi connectivity index (χ0) is 12.9. The largest absolute Gasteiger partial charge is 0.369 e. The molecule has 2 aliphatic heterocycles. The van der Waals surface area contributed by atoms with Crippen molar-refractivity contribution in [1.82, 2.24) is 5.32 Å². The second-order valence-corrected chi connectivity index (χ2v) is 4.97. The number of benzene rings is 1.